The summed E-state index contributed by atoms with van der Waals surface area (Å²) in [4.78, 5) is 25.0. The second kappa shape index (κ2) is 8.64. The van der Waals surface area contributed by atoms with E-state index in [0.29, 0.717) is 24.4 Å². The van der Waals surface area contributed by atoms with Crippen LogP contribution in [0, 0.1) is 5.92 Å². The van der Waals surface area contributed by atoms with Crippen LogP contribution < -0.4 is 16.0 Å². The monoisotopic (exact) mass is 330 g/mol. The number of nitrogens with zero attached hydrogens (tertiary/aromatic N) is 1. The molecular formula is C19H26N2O3. The molecule has 1 aromatic carbocycles. The van der Waals surface area contributed by atoms with Gasteiger partial charge in [-0.25, -0.2) is 4.57 Å². The lowest BCUT2D eigenvalue weighted by atomic mass is 10.0. The van der Waals surface area contributed by atoms with Crippen molar-refractivity contribution in [3.63, 3.8) is 0 Å². The summed E-state index contributed by atoms with van der Waals surface area (Å²) in [5, 5.41) is 0.848. The quantitative estimate of drug-likeness (QED) is 0.754. The lowest BCUT2D eigenvalue weighted by molar-refractivity contribution is 0.0839. The maximum Gasteiger partial charge on any atom is 0.257 e. The van der Waals surface area contributed by atoms with E-state index in [1.54, 1.807) is 12.1 Å². The van der Waals surface area contributed by atoms with Crippen LogP contribution in [-0.2, 0) is 0 Å². The van der Waals surface area contributed by atoms with E-state index in [-0.39, 0.29) is 17.4 Å². The van der Waals surface area contributed by atoms with Crippen molar-refractivity contribution in [2.75, 3.05) is 13.2 Å². The van der Waals surface area contributed by atoms with Crippen LogP contribution in [0.3, 0.4) is 0 Å². The number of carbonyl (C=O) groups is 1. The topological polar surface area (TPSA) is 74.3 Å². The number of hydrogen-bond acceptors (Lipinski definition) is 4. The molecular weight excluding hydrogens is 304 g/mol. The van der Waals surface area contributed by atoms with Crippen molar-refractivity contribution in [2.24, 2.45) is 11.7 Å². The first-order chi connectivity index (χ1) is 11.6. The zero-order chi connectivity index (χ0) is 17.5. The van der Waals surface area contributed by atoms with Crippen LogP contribution in [0.1, 0.15) is 44.3 Å². The van der Waals surface area contributed by atoms with Crippen molar-refractivity contribution in [3.8, 4) is 5.75 Å². The Morgan fingerprint density at radius 2 is 2.00 bits per heavy atom. The molecule has 2 rings (SSSR count). The van der Waals surface area contributed by atoms with E-state index in [1.165, 1.54) is 10.6 Å². The molecule has 1 aromatic heterocycles. The second-order valence-electron chi connectivity index (χ2n) is 6.10. The number of ether oxygens (including phenoxy) is 1. The highest BCUT2D eigenvalue weighted by molar-refractivity contribution is 5.92. The first kappa shape index (κ1) is 18.2. The number of unbranched alkanes of at least 4 members (excludes halogenated alkanes) is 1. The third kappa shape index (κ3) is 4.23. The molecule has 0 radical (unpaired) electrons. The molecule has 0 aliphatic heterocycles. The third-order valence-electron chi connectivity index (χ3n) is 4.10. The van der Waals surface area contributed by atoms with Gasteiger partial charge in [-0.1, -0.05) is 20.3 Å². The Morgan fingerprint density at radius 1 is 1.25 bits per heavy atom. The number of aromatic nitrogens is 1. The second-order valence-corrected chi connectivity index (χ2v) is 6.10. The summed E-state index contributed by atoms with van der Waals surface area (Å²) < 4.78 is 7.00. The predicted molar refractivity (Wildman–Crippen MR) is 96.7 cm³/mol. The van der Waals surface area contributed by atoms with Crippen LogP contribution in [0.4, 0.5) is 0 Å². The molecule has 0 aliphatic carbocycles. The van der Waals surface area contributed by atoms with Crippen LogP contribution in [0.25, 0.3) is 10.9 Å². The number of benzene rings is 1. The fourth-order valence-corrected chi connectivity index (χ4v) is 2.74. The normalized spacial score (nSPS) is 12.3. The molecule has 1 atom stereocenters. The van der Waals surface area contributed by atoms with Crippen molar-refractivity contribution in [3.05, 3.63) is 40.7 Å². The van der Waals surface area contributed by atoms with Gasteiger partial charge < -0.3 is 10.5 Å². The van der Waals surface area contributed by atoms with Gasteiger partial charge in [-0.05, 0) is 49.4 Å². The Kier molecular flexibility index (Phi) is 6.55. The lowest BCUT2D eigenvalue weighted by Crippen LogP contribution is -2.30. The SMILES string of the molecule is CCCC(C)C(=O)n1c(=O)ccc2ccc(OCCCCN)cc21. The molecule has 5 heteroatoms. The predicted octanol–water partition coefficient (Wildman–Crippen LogP) is 3.20. The standard InChI is InChI=1S/C19H26N2O3/c1-3-6-14(2)19(23)21-17-13-16(24-12-5-4-11-20)9-7-15(17)8-10-18(21)22/h7-10,13-14H,3-6,11-12,20H2,1-2H3. The average Bonchev–Trinajstić information content (AvgIpc) is 2.58. The Morgan fingerprint density at radius 3 is 2.71 bits per heavy atom. The zero-order valence-electron chi connectivity index (χ0n) is 14.5. The highest BCUT2D eigenvalue weighted by Crippen LogP contribution is 2.21. The van der Waals surface area contributed by atoms with E-state index in [1.807, 2.05) is 26.0 Å². The van der Waals surface area contributed by atoms with Gasteiger partial charge in [-0.15, -0.1) is 0 Å². The van der Waals surface area contributed by atoms with Gasteiger partial charge in [0.15, 0.2) is 0 Å². The molecule has 0 spiro atoms. The Hall–Kier alpha value is -2.14. The molecule has 0 amide bonds. The van der Waals surface area contributed by atoms with E-state index in [0.717, 1.165) is 31.1 Å². The third-order valence-corrected chi connectivity index (χ3v) is 4.10. The molecule has 0 saturated heterocycles. The molecule has 1 heterocycles. The van der Waals surface area contributed by atoms with Crippen molar-refractivity contribution in [2.45, 2.75) is 39.5 Å². The maximum absolute atomic E-state index is 12.7. The molecule has 130 valence electrons. The summed E-state index contributed by atoms with van der Waals surface area (Å²) in [7, 11) is 0. The van der Waals surface area contributed by atoms with Crippen molar-refractivity contribution >= 4 is 16.8 Å². The lowest BCUT2D eigenvalue weighted by Gasteiger charge is -2.14. The van der Waals surface area contributed by atoms with Crippen molar-refractivity contribution in [1.29, 1.82) is 0 Å². The van der Waals surface area contributed by atoms with Gasteiger partial charge in [-0.3, -0.25) is 9.59 Å². The minimum atomic E-state index is -0.296. The minimum absolute atomic E-state index is 0.160. The number of rotatable bonds is 8. The summed E-state index contributed by atoms with van der Waals surface area (Å²) in [6, 6.07) is 8.70. The highest BCUT2D eigenvalue weighted by atomic mass is 16.5. The van der Waals surface area contributed by atoms with Gasteiger partial charge >= 0.3 is 0 Å². The van der Waals surface area contributed by atoms with E-state index >= 15 is 0 Å². The summed E-state index contributed by atoms with van der Waals surface area (Å²) >= 11 is 0. The summed E-state index contributed by atoms with van der Waals surface area (Å²) in [6.45, 7) is 5.11. The van der Waals surface area contributed by atoms with E-state index in [4.69, 9.17) is 10.5 Å². The molecule has 0 fully saturated rings. The fraction of sp³-hybridized carbons (Fsp3) is 0.474. The molecule has 0 saturated carbocycles. The number of pyridine rings is 1. The Bertz CT molecular complexity index is 752. The van der Waals surface area contributed by atoms with Gasteiger partial charge in [0, 0.05) is 18.1 Å². The number of hydrogen-bond donors (Lipinski definition) is 1. The molecule has 2 N–H and O–H groups in total. The highest BCUT2D eigenvalue weighted by Gasteiger charge is 2.18. The Balaban J connectivity index is 2.36. The number of nitrogens with two attached hydrogens (primary N) is 1. The van der Waals surface area contributed by atoms with Gasteiger partial charge in [-0.2, -0.15) is 0 Å². The van der Waals surface area contributed by atoms with E-state index in [2.05, 4.69) is 0 Å². The molecule has 2 aromatic rings. The first-order valence-electron chi connectivity index (χ1n) is 8.61. The zero-order valence-corrected chi connectivity index (χ0v) is 14.5. The van der Waals surface area contributed by atoms with Crippen molar-refractivity contribution in [1.82, 2.24) is 4.57 Å². The smallest absolute Gasteiger partial charge is 0.257 e. The Labute approximate surface area is 142 Å². The van der Waals surface area contributed by atoms with E-state index < -0.39 is 0 Å². The largest absolute Gasteiger partial charge is 0.494 e. The minimum Gasteiger partial charge on any atom is -0.494 e. The van der Waals surface area contributed by atoms with Gasteiger partial charge in [0.1, 0.15) is 5.75 Å². The summed E-state index contributed by atoms with van der Waals surface area (Å²) in [5.41, 5.74) is 5.78. The van der Waals surface area contributed by atoms with Crippen LogP contribution in [-0.4, -0.2) is 23.6 Å². The number of fused-ring (bicyclic) bond motifs is 1. The van der Waals surface area contributed by atoms with Gasteiger partial charge in [0.25, 0.3) is 5.56 Å². The molecule has 0 aliphatic rings. The van der Waals surface area contributed by atoms with Crippen LogP contribution in [0.5, 0.6) is 5.75 Å². The van der Waals surface area contributed by atoms with Crippen molar-refractivity contribution < 1.29 is 9.53 Å². The van der Waals surface area contributed by atoms with Crippen LogP contribution >= 0.6 is 0 Å². The first-order valence-corrected chi connectivity index (χ1v) is 8.61. The fourth-order valence-electron chi connectivity index (χ4n) is 2.74. The molecule has 1 unspecified atom stereocenters. The van der Waals surface area contributed by atoms with Crippen LogP contribution in [0.2, 0.25) is 0 Å². The van der Waals surface area contributed by atoms with E-state index in [9.17, 15) is 9.59 Å². The molecule has 0 bridgehead atoms. The maximum atomic E-state index is 12.7. The van der Waals surface area contributed by atoms with Crippen LogP contribution in [0.15, 0.2) is 35.1 Å². The van der Waals surface area contributed by atoms with Gasteiger partial charge in [0.05, 0.1) is 12.1 Å². The average molecular weight is 330 g/mol. The van der Waals surface area contributed by atoms with Gasteiger partial charge in [0.2, 0.25) is 5.91 Å². The summed E-state index contributed by atoms with van der Waals surface area (Å²) in [5.74, 6) is 0.315. The molecule has 5 nitrogen and oxygen atoms in total. The summed E-state index contributed by atoms with van der Waals surface area (Å²) in [6.07, 6.45) is 3.45. The number of carbonyl (C=O) groups excluding carboxylic acids is 1. The molecule has 24 heavy (non-hydrogen) atoms.